The van der Waals surface area contributed by atoms with Crippen LogP contribution in [0.3, 0.4) is 0 Å². The van der Waals surface area contributed by atoms with Crippen molar-refractivity contribution in [2.75, 3.05) is 21.9 Å². The molecule has 1 aliphatic heterocycles. The fourth-order valence-corrected chi connectivity index (χ4v) is 7.21. The van der Waals surface area contributed by atoms with Gasteiger partial charge < -0.3 is 4.74 Å². The minimum absolute atomic E-state index is 0.0317. The summed E-state index contributed by atoms with van der Waals surface area (Å²) in [5, 5.41) is 0. The Bertz CT molecular complexity index is 1280. The van der Waals surface area contributed by atoms with Gasteiger partial charge in [-0.1, -0.05) is 32.0 Å². The molecule has 32 heavy (non-hydrogen) atoms. The van der Waals surface area contributed by atoms with E-state index in [-0.39, 0.29) is 28.0 Å². The van der Waals surface area contributed by atoms with Crippen LogP contribution in [0, 0.1) is 12.3 Å². The molecule has 1 aliphatic rings. The van der Waals surface area contributed by atoms with E-state index in [0.29, 0.717) is 9.99 Å². The molecule has 1 heterocycles. The molecule has 2 aromatic carbocycles. The number of ether oxygens (including phenoxy) is 1. The summed E-state index contributed by atoms with van der Waals surface area (Å²) in [5.74, 6) is -0.869. The second-order valence-corrected chi connectivity index (χ2v) is 12.3. The number of amides is 1. The van der Waals surface area contributed by atoms with Crippen LogP contribution in [0.25, 0.3) is 0 Å². The summed E-state index contributed by atoms with van der Waals surface area (Å²) in [4.78, 5) is 12.5. The number of nitrogens with one attached hydrogen (secondary N) is 1. The van der Waals surface area contributed by atoms with E-state index in [2.05, 4.69) is 4.72 Å². The molecule has 0 unspecified atom stereocenters. The van der Waals surface area contributed by atoms with E-state index in [9.17, 15) is 21.6 Å². The van der Waals surface area contributed by atoms with Crippen molar-refractivity contribution in [1.82, 2.24) is 0 Å². The number of benzene rings is 2. The van der Waals surface area contributed by atoms with Crippen LogP contribution < -0.4 is 13.8 Å². The van der Waals surface area contributed by atoms with Crippen molar-refractivity contribution >= 4 is 37.3 Å². The average Bonchev–Trinajstić information content (AvgIpc) is 2.85. The van der Waals surface area contributed by atoms with Gasteiger partial charge in [0.2, 0.25) is 15.9 Å². The van der Waals surface area contributed by atoms with Crippen molar-refractivity contribution in [2.24, 2.45) is 5.41 Å². The SMILES string of the molecule is COc1ccc(N2C(=O)C(C)(C)CS2(=O)=O)cc1S(=O)(=O)Nc1c(C)cccc1C(C)C. The van der Waals surface area contributed by atoms with Gasteiger partial charge in [0.25, 0.3) is 10.0 Å². The van der Waals surface area contributed by atoms with Crippen LogP contribution in [0.15, 0.2) is 41.3 Å². The van der Waals surface area contributed by atoms with Crippen molar-refractivity contribution in [1.29, 1.82) is 0 Å². The Morgan fingerprint density at radius 2 is 1.81 bits per heavy atom. The van der Waals surface area contributed by atoms with Gasteiger partial charge in [-0.3, -0.25) is 9.52 Å². The molecule has 0 radical (unpaired) electrons. The van der Waals surface area contributed by atoms with E-state index >= 15 is 0 Å². The third-order valence-corrected chi connectivity index (χ3v) is 8.81. The minimum Gasteiger partial charge on any atom is -0.495 e. The number of rotatable bonds is 6. The molecule has 1 N–H and O–H groups in total. The van der Waals surface area contributed by atoms with Crippen molar-refractivity contribution < 1.29 is 26.4 Å². The maximum atomic E-state index is 13.4. The molecule has 1 fully saturated rings. The highest BCUT2D eigenvalue weighted by Gasteiger charge is 2.50. The number of anilines is 2. The van der Waals surface area contributed by atoms with Gasteiger partial charge in [0.05, 0.1) is 29.7 Å². The zero-order valence-electron chi connectivity index (χ0n) is 19.0. The molecule has 1 amide bonds. The first kappa shape index (κ1) is 24.1. The van der Waals surface area contributed by atoms with Crippen molar-refractivity contribution in [3.8, 4) is 5.75 Å². The van der Waals surface area contributed by atoms with Crippen LogP contribution in [-0.4, -0.2) is 35.6 Å². The number of hydrogen-bond acceptors (Lipinski definition) is 6. The first-order valence-electron chi connectivity index (χ1n) is 10.1. The predicted octanol–water partition coefficient (Wildman–Crippen LogP) is 3.63. The summed E-state index contributed by atoms with van der Waals surface area (Å²) in [6, 6.07) is 9.37. The summed E-state index contributed by atoms with van der Waals surface area (Å²) in [5.41, 5.74) is 0.872. The highest BCUT2D eigenvalue weighted by atomic mass is 32.2. The average molecular weight is 481 g/mol. The quantitative estimate of drug-likeness (QED) is 0.676. The predicted molar refractivity (Wildman–Crippen MR) is 124 cm³/mol. The zero-order chi connectivity index (χ0) is 24.1. The Balaban J connectivity index is 2.14. The standard InChI is InChI=1S/C22H28N2O6S2/c1-14(2)17-9-7-8-15(3)20(17)23-32(28,29)19-12-16(10-11-18(19)30-6)24-21(25)22(4,5)13-31(24,26)27/h7-12,14,23H,13H2,1-6H3. The Hall–Kier alpha value is -2.59. The van der Waals surface area contributed by atoms with Gasteiger partial charge in [0.15, 0.2) is 0 Å². The van der Waals surface area contributed by atoms with Crippen molar-refractivity contribution in [3.05, 3.63) is 47.5 Å². The lowest BCUT2D eigenvalue weighted by Gasteiger charge is -2.21. The van der Waals surface area contributed by atoms with E-state index < -0.39 is 31.4 Å². The van der Waals surface area contributed by atoms with Crippen LogP contribution in [0.1, 0.15) is 44.7 Å². The Morgan fingerprint density at radius 3 is 2.34 bits per heavy atom. The molecular formula is C22H28N2O6S2. The van der Waals surface area contributed by atoms with Crippen molar-refractivity contribution in [2.45, 2.75) is 45.4 Å². The highest BCUT2D eigenvalue weighted by molar-refractivity contribution is 7.94. The van der Waals surface area contributed by atoms with Crippen molar-refractivity contribution in [3.63, 3.8) is 0 Å². The summed E-state index contributed by atoms with van der Waals surface area (Å²) in [6.45, 7) is 8.80. The number of hydrogen-bond donors (Lipinski definition) is 1. The molecule has 0 aliphatic carbocycles. The third-order valence-electron chi connectivity index (χ3n) is 5.42. The van der Waals surface area contributed by atoms with E-state index in [1.807, 2.05) is 26.0 Å². The summed E-state index contributed by atoms with van der Waals surface area (Å²) >= 11 is 0. The molecule has 0 spiro atoms. The van der Waals surface area contributed by atoms with Crippen LogP contribution in [0.2, 0.25) is 0 Å². The Morgan fingerprint density at radius 1 is 1.16 bits per heavy atom. The lowest BCUT2D eigenvalue weighted by molar-refractivity contribution is -0.123. The molecule has 10 heteroatoms. The third kappa shape index (κ3) is 4.21. The van der Waals surface area contributed by atoms with E-state index in [1.54, 1.807) is 26.8 Å². The molecule has 3 rings (SSSR count). The second kappa shape index (κ2) is 8.08. The minimum atomic E-state index is -4.18. The normalized spacial score (nSPS) is 17.6. The number of methoxy groups -OCH3 is 1. The highest BCUT2D eigenvalue weighted by Crippen LogP contribution is 2.39. The van der Waals surface area contributed by atoms with Gasteiger partial charge in [-0.2, -0.15) is 0 Å². The summed E-state index contributed by atoms with van der Waals surface area (Å²) < 4.78 is 60.7. The van der Waals surface area contributed by atoms with Gasteiger partial charge in [-0.15, -0.1) is 0 Å². The molecule has 8 nitrogen and oxygen atoms in total. The molecule has 174 valence electrons. The van der Waals surface area contributed by atoms with E-state index in [0.717, 1.165) is 17.2 Å². The number of para-hydroxylation sites is 1. The van der Waals surface area contributed by atoms with Gasteiger partial charge >= 0.3 is 0 Å². The Kier molecular flexibility index (Phi) is 6.07. The molecule has 2 aromatic rings. The fourth-order valence-electron chi connectivity index (χ4n) is 3.76. The summed E-state index contributed by atoms with van der Waals surface area (Å²) in [6.07, 6.45) is 0. The van der Waals surface area contributed by atoms with E-state index in [4.69, 9.17) is 4.74 Å². The summed E-state index contributed by atoms with van der Waals surface area (Å²) in [7, 11) is -6.79. The largest absolute Gasteiger partial charge is 0.495 e. The number of carbonyl (C=O) groups excluding carboxylic acids is 1. The molecule has 0 bridgehead atoms. The smallest absolute Gasteiger partial charge is 0.265 e. The van der Waals surface area contributed by atoms with Gasteiger partial charge in [-0.05, 0) is 56.0 Å². The topological polar surface area (TPSA) is 110 Å². The van der Waals surface area contributed by atoms with Crippen LogP contribution in [-0.2, 0) is 24.8 Å². The van der Waals surface area contributed by atoms with Gasteiger partial charge in [0, 0.05) is 0 Å². The lowest BCUT2D eigenvalue weighted by atomic mass is 9.95. The second-order valence-electron chi connectivity index (χ2n) is 8.84. The Labute approximate surface area is 189 Å². The zero-order valence-corrected chi connectivity index (χ0v) is 20.6. The van der Waals surface area contributed by atoms with Crippen LogP contribution >= 0.6 is 0 Å². The molecular weight excluding hydrogens is 452 g/mol. The van der Waals surface area contributed by atoms with Gasteiger partial charge in [-0.25, -0.2) is 21.1 Å². The van der Waals surface area contributed by atoms with Crippen LogP contribution in [0.5, 0.6) is 5.75 Å². The van der Waals surface area contributed by atoms with Gasteiger partial charge in [0.1, 0.15) is 10.6 Å². The lowest BCUT2D eigenvalue weighted by Crippen LogP contribution is -2.33. The number of carbonyl (C=O) groups is 1. The maximum absolute atomic E-state index is 13.4. The van der Waals surface area contributed by atoms with E-state index in [1.165, 1.54) is 19.2 Å². The first-order chi connectivity index (χ1) is 14.7. The first-order valence-corrected chi connectivity index (χ1v) is 13.2. The fraction of sp³-hybridized carbons (Fsp3) is 0.409. The molecule has 0 saturated carbocycles. The number of sulfonamides is 2. The maximum Gasteiger partial charge on any atom is 0.265 e. The monoisotopic (exact) mass is 480 g/mol. The van der Waals surface area contributed by atoms with Crippen LogP contribution in [0.4, 0.5) is 11.4 Å². The number of aryl methyl sites for hydroxylation is 1. The molecule has 1 saturated heterocycles. The number of nitrogens with zero attached hydrogens (tertiary/aromatic N) is 1. The molecule has 0 aromatic heterocycles. The molecule has 0 atom stereocenters.